The Labute approximate surface area is 175 Å². The number of anilines is 1. The van der Waals surface area contributed by atoms with E-state index in [9.17, 15) is 4.79 Å². The van der Waals surface area contributed by atoms with Gasteiger partial charge in [-0.05, 0) is 67.0 Å². The fourth-order valence-electron chi connectivity index (χ4n) is 3.60. The number of ether oxygens (including phenoxy) is 1. The largest absolute Gasteiger partial charge is 0.481 e. The summed E-state index contributed by atoms with van der Waals surface area (Å²) in [6, 6.07) is 16.5. The number of nitrogens with zero attached hydrogens (tertiary/aromatic N) is 1. The first-order valence-electron chi connectivity index (χ1n) is 10.7. The monoisotopic (exact) mass is 394 g/mol. The molecule has 1 heterocycles. The average molecular weight is 395 g/mol. The zero-order chi connectivity index (χ0) is 20.9. The molecule has 156 valence electrons. The molecule has 1 amide bonds. The van der Waals surface area contributed by atoms with Crippen molar-refractivity contribution >= 4 is 11.6 Å². The highest BCUT2D eigenvalue weighted by atomic mass is 16.5. The molecule has 1 unspecified atom stereocenters. The molecular weight excluding hydrogens is 360 g/mol. The Morgan fingerprint density at radius 2 is 1.62 bits per heavy atom. The lowest BCUT2D eigenvalue weighted by molar-refractivity contribution is -0.127. The average Bonchev–Trinajstić information content (AvgIpc) is 2.72. The summed E-state index contributed by atoms with van der Waals surface area (Å²) in [6.45, 7) is 11.1. The molecule has 2 aromatic rings. The maximum atomic E-state index is 12.4. The van der Waals surface area contributed by atoms with Crippen molar-refractivity contribution in [2.75, 3.05) is 18.0 Å². The first kappa shape index (κ1) is 21.2. The van der Waals surface area contributed by atoms with Gasteiger partial charge in [0.05, 0.1) is 0 Å². The van der Waals surface area contributed by atoms with Crippen LogP contribution in [0.25, 0.3) is 0 Å². The summed E-state index contributed by atoms with van der Waals surface area (Å²) in [5, 5.41) is 2.98. The molecule has 1 saturated heterocycles. The molecule has 2 aromatic carbocycles. The van der Waals surface area contributed by atoms with Crippen molar-refractivity contribution in [2.24, 2.45) is 0 Å². The molecule has 0 spiro atoms. The van der Waals surface area contributed by atoms with Crippen LogP contribution < -0.4 is 15.0 Å². The summed E-state index contributed by atoms with van der Waals surface area (Å²) in [5.41, 5.74) is 3.72. The van der Waals surface area contributed by atoms with Crippen molar-refractivity contribution in [3.8, 4) is 5.75 Å². The van der Waals surface area contributed by atoms with Gasteiger partial charge in [0.1, 0.15) is 5.75 Å². The van der Waals surface area contributed by atoms with E-state index < -0.39 is 6.10 Å². The third-order valence-electron chi connectivity index (χ3n) is 5.53. The van der Waals surface area contributed by atoms with Gasteiger partial charge < -0.3 is 15.0 Å². The van der Waals surface area contributed by atoms with Crippen LogP contribution in [0.5, 0.6) is 5.75 Å². The van der Waals surface area contributed by atoms with Crippen LogP contribution in [0.2, 0.25) is 0 Å². The molecule has 0 radical (unpaired) electrons. The highest BCUT2D eigenvalue weighted by Gasteiger charge is 2.17. The number of rotatable bonds is 6. The van der Waals surface area contributed by atoms with Gasteiger partial charge in [0.15, 0.2) is 6.10 Å². The van der Waals surface area contributed by atoms with Gasteiger partial charge in [-0.1, -0.05) is 45.0 Å². The van der Waals surface area contributed by atoms with Gasteiger partial charge in [-0.25, -0.2) is 0 Å². The van der Waals surface area contributed by atoms with Crippen molar-refractivity contribution in [1.82, 2.24) is 5.32 Å². The van der Waals surface area contributed by atoms with Crippen molar-refractivity contribution < 1.29 is 9.53 Å². The number of piperidine rings is 1. The summed E-state index contributed by atoms with van der Waals surface area (Å²) in [5.74, 6) is 0.608. The molecule has 1 atom stereocenters. The Kier molecular flexibility index (Phi) is 6.83. The second-order valence-electron chi connectivity index (χ2n) is 8.97. The van der Waals surface area contributed by atoms with Crippen molar-refractivity contribution in [3.63, 3.8) is 0 Å². The number of hydrogen-bond acceptors (Lipinski definition) is 3. The van der Waals surface area contributed by atoms with Gasteiger partial charge in [-0.2, -0.15) is 0 Å². The van der Waals surface area contributed by atoms with E-state index >= 15 is 0 Å². The Morgan fingerprint density at radius 3 is 2.21 bits per heavy atom. The molecule has 0 aliphatic carbocycles. The molecule has 1 N–H and O–H groups in total. The number of carbonyl (C=O) groups excluding carboxylic acids is 1. The quantitative estimate of drug-likeness (QED) is 0.745. The van der Waals surface area contributed by atoms with Gasteiger partial charge >= 0.3 is 0 Å². The van der Waals surface area contributed by atoms with Gasteiger partial charge in [-0.3, -0.25) is 4.79 Å². The lowest BCUT2D eigenvalue weighted by atomic mass is 9.87. The molecule has 0 saturated carbocycles. The summed E-state index contributed by atoms with van der Waals surface area (Å²) >= 11 is 0. The van der Waals surface area contributed by atoms with Crippen LogP contribution in [0.15, 0.2) is 48.5 Å². The van der Waals surface area contributed by atoms with Gasteiger partial charge in [-0.15, -0.1) is 0 Å². The normalized spacial score (nSPS) is 15.7. The maximum absolute atomic E-state index is 12.4. The minimum Gasteiger partial charge on any atom is -0.481 e. The molecule has 0 aromatic heterocycles. The smallest absolute Gasteiger partial charge is 0.261 e. The number of benzene rings is 2. The predicted octanol–water partition coefficient (Wildman–Crippen LogP) is 5.06. The molecule has 29 heavy (non-hydrogen) atoms. The van der Waals surface area contributed by atoms with E-state index in [1.54, 1.807) is 6.92 Å². The summed E-state index contributed by atoms with van der Waals surface area (Å²) in [4.78, 5) is 14.9. The highest BCUT2D eigenvalue weighted by molar-refractivity contribution is 5.80. The van der Waals surface area contributed by atoms with E-state index in [0.29, 0.717) is 12.3 Å². The second-order valence-corrected chi connectivity index (χ2v) is 8.97. The highest BCUT2D eigenvalue weighted by Crippen LogP contribution is 2.25. The number of nitrogens with one attached hydrogen (secondary N) is 1. The molecule has 1 aliphatic rings. The van der Waals surface area contributed by atoms with E-state index in [4.69, 9.17) is 4.74 Å². The Morgan fingerprint density at radius 1 is 1.00 bits per heavy atom. The Bertz CT molecular complexity index is 785. The summed E-state index contributed by atoms with van der Waals surface area (Å²) in [6.07, 6.45) is 3.34. The van der Waals surface area contributed by atoms with Gasteiger partial charge in [0.25, 0.3) is 5.91 Å². The molecule has 1 fully saturated rings. The molecule has 0 bridgehead atoms. The van der Waals surface area contributed by atoms with Crippen LogP contribution in [0.4, 0.5) is 5.69 Å². The molecular formula is C25H34N2O2. The predicted molar refractivity (Wildman–Crippen MR) is 120 cm³/mol. The molecule has 4 nitrogen and oxygen atoms in total. The van der Waals surface area contributed by atoms with E-state index in [2.05, 4.69) is 67.4 Å². The standard InChI is InChI=1S/C25H34N2O2/c1-19(29-23-14-10-21(11-15-23)25(2,3)4)24(28)26-18-20-8-12-22(13-9-20)27-16-6-5-7-17-27/h8-15,19H,5-7,16-18H2,1-4H3,(H,26,28). The van der Waals surface area contributed by atoms with Gasteiger partial charge in [0, 0.05) is 25.3 Å². The zero-order valence-corrected chi connectivity index (χ0v) is 18.2. The number of hydrogen-bond donors (Lipinski definition) is 1. The minimum atomic E-state index is -0.539. The van der Waals surface area contributed by atoms with Crippen LogP contribution in [0.3, 0.4) is 0 Å². The third kappa shape index (κ3) is 5.99. The summed E-state index contributed by atoms with van der Waals surface area (Å²) < 4.78 is 5.81. The molecule has 4 heteroatoms. The van der Waals surface area contributed by atoms with Crippen molar-refractivity contribution in [2.45, 2.75) is 65.0 Å². The van der Waals surface area contributed by atoms with E-state index in [-0.39, 0.29) is 11.3 Å². The van der Waals surface area contributed by atoms with E-state index in [1.165, 1.54) is 30.5 Å². The molecule has 1 aliphatic heterocycles. The summed E-state index contributed by atoms with van der Waals surface area (Å²) in [7, 11) is 0. The van der Waals surface area contributed by atoms with E-state index in [1.807, 2.05) is 12.1 Å². The Balaban J connectivity index is 1.48. The van der Waals surface area contributed by atoms with Crippen LogP contribution >= 0.6 is 0 Å². The second kappa shape index (κ2) is 9.34. The first-order chi connectivity index (χ1) is 13.8. The molecule has 3 rings (SSSR count). The van der Waals surface area contributed by atoms with Crippen molar-refractivity contribution in [1.29, 1.82) is 0 Å². The maximum Gasteiger partial charge on any atom is 0.261 e. The number of amides is 1. The minimum absolute atomic E-state index is 0.102. The Hall–Kier alpha value is -2.49. The van der Waals surface area contributed by atoms with Crippen LogP contribution in [-0.4, -0.2) is 25.1 Å². The van der Waals surface area contributed by atoms with E-state index in [0.717, 1.165) is 18.7 Å². The van der Waals surface area contributed by atoms with Crippen LogP contribution in [0, 0.1) is 0 Å². The fourth-order valence-corrected chi connectivity index (χ4v) is 3.60. The lowest BCUT2D eigenvalue weighted by Gasteiger charge is -2.28. The van der Waals surface area contributed by atoms with Gasteiger partial charge in [0.2, 0.25) is 0 Å². The topological polar surface area (TPSA) is 41.6 Å². The third-order valence-corrected chi connectivity index (χ3v) is 5.53. The number of carbonyl (C=O) groups is 1. The zero-order valence-electron chi connectivity index (χ0n) is 18.2. The SMILES string of the molecule is CC(Oc1ccc(C(C)(C)C)cc1)C(=O)NCc1ccc(N2CCCCC2)cc1. The fraction of sp³-hybridized carbons (Fsp3) is 0.480. The lowest BCUT2D eigenvalue weighted by Crippen LogP contribution is -2.35. The van der Waals surface area contributed by atoms with Crippen LogP contribution in [0.1, 0.15) is 58.1 Å². The first-order valence-corrected chi connectivity index (χ1v) is 10.7. The van der Waals surface area contributed by atoms with Crippen molar-refractivity contribution in [3.05, 3.63) is 59.7 Å². The van der Waals surface area contributed by atoms with Crippen LogP contribution in [-0.2, 0) is 16.8 Å².